The number of likely N-dealkylation sites (tertiary alicyclic amines) is 1. The minimum Gasteiger partial charge on any atom is -0.461 e. The van der Waals surface area contributed by atoms with Crippen molar-refractivity contribution in [2.24, 2.45) is 5.92 Å². The number of rotatable bonds is 6. The second kappa shape index (κ2) is 10.6. The first-order chi connectivity index (χ1) is 16.4. The van der Waals surface area contributed by atoms with Gasteiger partial charge in [-0.05, 0) is 58.2 Å². The second-order valence-corrected chi connectivity index (χ2v) is 9.34. The summed E-state index contributed by atoms with van der Waals surface area (Å²) >= 11 is 0. The van der Waals surface area contributed by atoms with Crippen molar-refractivity contribution >= 4 is 17.7 Å². The molecular weight excluding hydrogens is 465 g/mol. The van der Waals surface area contributed by atoms with E-state index in [4.69, 9.17) is 9.47 Å². The lowest BCUT2D eigenvalue weighted by molar-refractivity contribution is -0.189. The summed E-state index contributed by atoms with van der Waals surface area (Å²) < 4.78 is 51.4. The molecule has 2 atom stereocenters. The molecule has 2 aromatic heterocycles. The number of nitrogens with one attached hydrogen (secondary N) is 2. The molecule has 2 N–H and O–H groups in total. The number of pyridine rings is 1. The topological polar surface area (TPSA) is 96.5 Å². The monoisotopic (exact) mass is 496 g/mol. The Labute approximate surface area is 202 Å². The molecule has 0 spiro atoms. The van der Waals surface area contributed by atoms with Crippen molar-refractivity contribution < 1.29 is 32.2 Å². The molecule has 0 aliphatic carbocycles. The van der Waals surface area contributed by atoms with Gasteiger partial charge in [-0.2, -0.15) is 13.2 Å². The molecule has 1 aliphatic heterocycles. The number of H-pyrrole nitrogens is 1. The predicted molar refractivity (Wildman–Crippen MR) is 123 cm³/mol. The van der Waals surface area contributed by atoms with E-state index in [1.807, 2.05) is 0 Å². The molecule has 1 aliphatic rings. The van der Waals surface area contributed by atoms with E-state index < -0.39 is 35.8 Å². The number of carbonyl (C=O) groups excluding carboxylic acids is 2. The molecule has 3 rings (SSSR count). The quantitative estimate of drug-likeness (QED) is 0.517. The molecule has 192 valence electrons. The van der Waals surface area contributed by atoms with Crippen molar-refractivity contribution in [3.63, 3.8) is 0 Å². The molecule has 1 fully saturated rings. The number of anilines is 1. The highest BCUT2D eigenvalue weighted by Crippen LogP contribution is 2.43. The molecule has 35 heavy (non-hydrogen) atoms. The van der Waals surface area contributed by atoms with Crippen LogP contribution in [0.2, 0.25) is 0 Å². The van der Waals surface area contributed by atoms with Crippen LogP contribution < -0.4 is 5.32 Å². The smallest absolute Gasteiger partial charge is 0.410 e. The van der Waals surface area contributed by atoms with Crippen LogP contribution in [-0.4, -0.2) is 51.9 Å². The van der Waals surface area contributed by atoms with Crippen molar-refractivity contribution in [2.45, 2.75) is 64.9 Å². The second-order valence-electron chi connectivity index (χ2n) is 9.34. The highest BCUT2D eigenvalue weighted by atomic mass is 19.4. The van der Waals surface area contributed by atoms with Gasteiger partial charge >= 0.3 is 18.2 Å². The summed E-state index contributed by atoms with van der Waals surface area (Å²) in [5.41, 5.74) is 0.883. The zero-order chi connectivity index (χ0) is 25.8. The molecule has 8 nitrogen and oxygen atoms in total. The Balaban J connectivity index is 1.89. The van der Waals surface area contributed by atoms with Crippen LogP contribution in [0.25, 0.3) is 0 Å². The third-order valence-corrected chi connectivity index (χ3v) is 5.63. The molecule has 0 bridgehead atoms. The van der Waals surface area contributed by atoms with Gasteiger partial charge in [0.1, 0.15) is 11.3 Å². The van der Waals surface area contributed by atoms with Gasteiger partial charge in [0, 0.05) is 25.5 Å². The Hall–Kier alpha value is -3.24. The SMILES string of the molecule is CCOC(=O)c1[nH]ccc1NCc1cccnc1[C@H]1C[C@H](C(F)(F)F)CCN1C(=O)OC(C)(C)C. The fraction of sp³-hybridized carbons (Fsp3) is 0.542. The van der Waals surface area contributed by atoms with Crippen LogP contribution in [0.15, 0.2) is 30.6 Å². The summed E-state index contributed by atoms with van der Waals surface area (Å²) in [4.78, 5) is 33.6. The summed E-state index contributed by atoms with van der Waals surface area (Å²) in [6.45, 7) is 7.10. The third-order valence-electron chi connectivity index (χ3n) is 5.63. The molecule has 0 saturated carbocycles. The first kappa shape index (κ1) is 26.4. The third kappa shape index (κ3) is 6.67. The molecular formula is C24H31F3N4O4. The molecule has 0 aromatic carbocycles. The van der Waals surface area contributed by atoms with E-state index in [9.17, 15) is 22.8 Å². The molecule has 1 saturated heterocycles. The van der Waals surface area contributed by atoms with Gasteiger partial charge in [-0.3, -0.25) is 9.88 Å². The standard InChI is InChI=1S/C24H31F3N4O4/c1-5-34-21(32)20-17(8-11-29-20)30-14-15-7-6-10-28-19(15)18-13-16(24(25,26)27)9-12-31(18)22(33)35-23(2,3)4/h6-8,10-11,16,18,29-30H,5,9,12-14H2,1-4H3/t16-,18-/m1/s1. The largest absolute Gasteiger partial charge is 0.461 e. The highest BCUT2D eigenvalue weighted by Gasteiger charge is 2.47. The van der Waals surface area contributed by atoms with E-state index in [1.54, 1.807) is 52.1 Å². The summed E-state index contributed by atoms with van der Waals surface area (Å²) in [5.74, 6) is -2.09. The van der Waals surface area contributed by atoms with Crippen LogP contribution in [0.4, 0.5) is 23.7 Å². The van der Waals surface area contributed by atoms with E-state index in [1.165, 1.54) is 11.1 Å². The van der Waals surface area contributed by atoms with Gasteiger partial charge in [-0.1, -0.05) is 6.07 Å². The Bertz CT molecular complexity index is 1030. The van der Waals surface area contributed by atoms with E-state index in [0.29, 0.717) is 16.9 Å². The number of aromatic amines is 1. The Kier molecular flexibility index (Phi) is 7.97. The van der Waals surface area contributed by atoms with E-state index in [-0.39, 0.29) is 38.2 Å². The predicted octanol–water partition coefficient (Wildman–Crippen LogP) is 5.45. The van der Waals surface area contributed by atoms with E-state index >= 15 is 0 Å². The number of hydrogen-bond acceptors (Lipinski definition) is 6. The lowest BCUT2D eigenvalue weighted by Crippen LogP contribution is -2.46. The maximum absolute atomic E-state index is 13.6. The van der Waals surface area contributed by atoms with Crippen LogP contribution in [0.3, 0.4) is 0 Å². The number of esters is 1. The zero-order valence-electron chi connectivity index (χ0n) is 20.2. The summed E-state index contributed by atoms with van der Waals surface area (Å²) in [6, 6.07) is 4.15. The van der Waals surface area contributed by atoms with Crippen molar-refractivity contribution in [2.75, 3.05) is 18.5 Å². The fourth-order valence-corrected chi connectivity index (χ4v) is 4.04. The molecule has 0 unspecified atom stereocenters. The maximum Gasteiger partial charge on any atom is 0.410 e. The molecule has 2 aromatic rings. The first-order valence-electron chi connectivity index (χ1n) is 11.5. The number of carbonyl (C=O) groups is 2. The molecule has 0 radical (unpaired) electrons. The van der Waals surface area contributed by atoms with Crippen LogP contribution in [0, 0.1) is 5.92 Å². The summed E-state index contributed by atoms with van der Waals surface area (Å²) in [7, 11) is 0. The first-order valence-corrected chi connectivity index (χ1v) is 11.5. The molecule has 3 heterocycles. The average molecular weight is 497 g/mol. The number of ether oxygens (including phenoxy) is 2. The van der Waals surface area contributed by atoms with Gasteiger partial charge in [0.25, 0.3) is 0 Å². The van der Waals surface area contributed by atoms with Gasteiger partial charge < -0.3 is 19.8 Å². The number of nitrogens with zero attached hydrogens (tertiary/aromatic N) is 2. The van der Waals surface area contributed by atoms with Crippen LogP contribution in [-0.2, 0) is 16.0 Å². The van der Waals surface area contributed by atoms with Gasteiger partial charge in [0.2, 0.25) is 0 Å². The Morgan fingerprint density at radius 2 is 2.00 bits per heavy atom. The van der Waals surface area contributed by atoms with E-state index in [0.717, 1.165) is 0 Å². The number of aromatic nitrogens is 2. The number of alkyl halides is 3. The molecule has 11 heteroatoms. The van der Waals surface area contributed by atoms with Crippen molar-refractivity contribution in [3.8, 4) is 0 Å². The minimum atomic E-state index is -4.38. The van der Waals surface area contributed by atoms with Crippen molar-refractivity contribution in [1.82, 2.24) is 14.9 Å². The van der Waals surface area contributed by atoms with Gasteiger partial charge in [0.05, 0.1) is 29.9 Å². The summed E-state index contributed by atoms with van der Waals surface area (Å²) in [5, 5.41) is 3.12. The number of amides is 1. The lowest BCUT2D eigenvalue weighted by Gasteiger charge is -2.40. The summed E-state index contributed by atoms with van der Waals surface area (Å²) in [6.07, 6.45) is -2.51. The van der Waals surface area contributed by atoms with Crippen molar-refractivity contribution in [1.29, 1.82) is 0 Å². The lowest BCUT2D eigenvalue weighted by atomic mass is 9.87. The minimum absolute atomic E-state index is 0.0992. The van der Waals surface area contributed by atoms with Crippen molar-refractivity contribution in [3.05, 3.63) is 47.5 Å². The zero-order valence-corrected chi connectivity index (χ0v) is 20.2. The van der Waals surface area contributed by atoms with E-state index in [2.05, 4.69) is 15.3 Å². The van der Waals surface area contributed by atoms with Crippen LogP contribution in [0.5, 0.6) is 0 Å². The fourth-order valence-electron chi connectivity index (χ4n) is 4.04. The van der Waals surface area contributed by atoms with Crippen LogP contribution in [0.1, 0.15) is 68.3 Å². The maximum atomic E-state index is 13.6. The number of piperidine rings is 1. The molecule has 1 amide bonds. The number of hydrogen-bond donors (Lipinski definition) is 2. The average Bonchev–Trinajstić information content (AvgIpc) is 3.25. The highest BCUT2D eigenvalue weighted by molar-refractivity contribution is 5.93. The normalized spacial score (nSPS) is 18.8. The Morgan fingerprint density at radius 3 is 2.66 bits per heavy atom. The van der Waals surface area contributed by atoms with Crippen LogP contribution >= 0.6 is 0 Å². The van der Waals surface area contributed by atoms with Gasteiger partial charge in [0.15, 0.2) is 0 Å². The Morgan fingerprint density at radius 1 is 1.26 bits per heavy atom. The number of halogens is 3. The van der Waals surface area contributed by atoms with Gasteiger partial charge in [-0.25, -0.2) is 9.59 Å². The van der Waals surface area contributed by atoms with Gasteiger partial charge in [-0.15, -0.1) is 0 Å².